The molecule has 0 radical (unpaired) electrons. The Kier molecular flexibility index (Phi) is 4.31. The second-order valence-corrected chi connectivity index (χ2v) is 5.40. The summed E-state index contributed by atoms with van der Waals surface area (Å²) in [5.41, 5.74) is 2.26. The Morgan fingerprint density at radius 1 is 1.00 bits per heavy atom. The van der Waals surface area contributed by atoms with E-state index in [1.54, 1.807) is 0 Å². The van der Waals surface area contributed by atoms with Gasteiger partial charge < -0.3 is 0 Å². The van der Waals surface area contributed by atoms with Crippen LogP contribution in [-0.2, 0) is 0 Å². The van der Waals surface area contributed by atoms with Gasteiger partial charge in [0.05, 0.1) is 0 Å². The van der Waals surface area contributed by atoms with E-state index in [9.17, 15) is 25.2 Å². The summed E-state index contributed by atoms with van der Waals surface area (Å²) < 4.78 is 61.0. The molecular formula is C9H14F6NOP. The molecule has 0 saturated carbocycles. The molecule has 1 aromatic rings. The molecule has 108 valence electrons. The van der Waals surface area contributed by atoms with Gasteiger partial charge >= 0.3 is 33.0 Å². The SMILES string of the molecule is CCO[n+]1c(C)cccc1C.F[P-](F)(F)(F)(F)F. The van der Waals surface area contributed by atoms with Crippen molar-refractivity contribution in [2.24, 2.45) is 0 Å². The van der Waals surface area contributed by atoms with Crippen LogP contribution in [0.1, 0.15) is 18.3 Å². The first kappa shape index (κ1) is 17.0. The fraction of sp³-hybridized carbons (Fsp3) is 0.444. The molecule has 0 aromatic carbocycles. The van der Waals surface area contributed by atoms with Gasteiger partial charge in [-0.3, -0.25) is 4.84 Å². The number of rotatable bonds is 2. The Balaban J connectivity index is 0.000000360. The predicted octanol–water partition coefficient (Wildman–Crippen LogP) is 4.42. The summed E-state index contributed by atoms with van der Waals surface area (Å²) in [7, 11) is -10.7. The average molecular weight is 297 g/mol. The molecule has 2 nitrogen and oxygen atoms in total. The van der Waals surface area contributed by atoms with Gasteiger partial charge in [-0.05, 0) is 13.0 Å². The van der Waals surface area contributed by atoms with Crippen molar-refractivity contribution in [3.05, 3.63) is 29.6 Å². The van der Waals surface area contributed by atoms with Crippen LogP contribution in [0.15, 0.2) is 18.2 Å². The van der Waals surface area contributed by atoms with Crippen molar-refractivity contribution >= 4 is 7.81 Å². The van der Waals surface area contributed by atoms with Crippen LogP contribution in [0.25, 0.3) is 0 Å². The van der Waals surface area contributed by atoms with E-state index in [-0.39, 0.29) is 0 Å². The van der Waals surface area contributed by atoms with Crippen molar-refractivity contribution in [2.45, 2.75) is 20.8 Å². The first-order valence-corrected chi connectivity index (χ1v) is 6.91. The molecule has 1 rings (SSSR count). The number of pyridine rings is 1. The summed E-state index contributed by atoms with van der Waals surface area (Å²) in [4.78, 5) is 5.38. The van der Waals surface area contributed by atoms with Gasteiger partial charge in [0.1, 0.15) is 0 Å². The molecule has 0 aliphatic heterocycles. The summed E-state index contributed by atoms with van der Waals surface area (Å²) in [5, 5.41) is 0. The van der Waals surface area contributed by atoms with Crippen molar-refractivity contribution in [1.29, 1.82) is 0 Å². The maximum absolute atomic E-state index is 10.7. The molecule has 0 N–H and O–H groups in total. The molecule has 0 aliphatic rings. The minimum absolute atomic E-state index is 0.705. The van der Waals surface area contributed by atoms with Crippen molar-refractivity contribution < 1.29 is 34.7 Å². The number of halogens is 6. The van der Waals surface area contributed by atoms with Crippen LogP contribution < -0.4 is 9.57 Å². The van der Waals surface area contributed by atoms with Crippen LogP contribution in [0.4, 0.5) is 25.2 Å². The van der Waals surface area contributed by atoms with Crippen LogP contribution in [0.5, 0.6) is 0 Å². The van der Waals surface area contributed by atoms with E-state index < -0.39 is 7.81 Å². The Labute approximate surface area is 100 Å². The van der Waals surface area contributed by atoms with Crippen LogP contribution in [-0.4, -0.2) is 6.61 Å². The van der Waals surface area contributed by atoms with Gasteiger partial charge in [-0.1, -0.05) is 0 Å². The number of aryl methyl sites for hydroxylation is 2. The van der Waals surface area contributed by atoms with Crippen molar-refractivity contribution in [2.75, 3.05) is 6.61 Å². The number of aromatic nitrogens is 1. The standard InChI is InChI=1S/C9H14NO.F6P/c1-4-11-10-8(2)6-5-7-9(10)3;1-7(2,3,4,5)6/h5-7H,4H2,1-3H3;/q+1;-1. The second-order valence-electron chi connectivity index (χ2n) is 3.48. The van der Waals surface area contributed by atoms with Crippen LogP contribution in [0.2, 0.25) is 0 Å². The summed E-state index contributed by atoms with van der Waals surface area (Å²) in [6, 6.07) is 6.09. The second kappa shape index (κ2) is 4.57. The van der Waals surface area contributed by atoms with E-state index in [4.69, 9.17) is 4.84 Å². The average Bonchev–Trinajstić information content (AvgIpc) is 2.06. The number of nitrogens with zero attached hydrogens (tertiary/aromatic N) is 1. The molecule has 0 spiro atoms. The van der Waals surface area contributed by atoms with Crippen molar-refractivity contribution in [3.8, 4) is 0 Å². The Morgan fingerprint density at radius 3 is 1.61 bits per heavy atom. The Morgan fingerprint density at radius 2 is 1.33 bits per heavy atom. The third-order valence-electron chi connectivity index (χ3n) is 1.57. The maximum atomic E-state index is 9.87. The van der Waals surface area contributed by atoms with E-state index >= 15 is 0 Å². The number of hydrogen-bond donors (Lipinski definition) is 0. The van der Waals surface area contributed by atoms with E-state index in [0.29, 0.717) is 6.61 Å². The molecule has 18 heavy (non-hydrogen) atoms. The van der Waals surface area contributed by atoms with Crippen LogP contribution in [0.3, 0.4) is 0 Å². The fourth-order valence-electron chi connectivity index (χ4n) is 1.07. The summed E-state index contributed by atoms with van der Waals surface area (Å²) in [6.07, 6.45) is 0. The topological polar surface area (TPSA) is 13.1 Å². The monoisotopic (exact) mass is 297 g/mol. The van der Waals surface area contributed by atoms with Crippen molar-refractivity contribution in [1.82, 2.24) is 0 Å². The van der Waals surface area contributed by atoms with Gasteiger partial charge in [0.2, 0.25) is 11.4 Å². The molecule has 0 fully saturated rings. The third kappa shape index (κ3) is 11.4. The third-order valence-corrected chi connectivity index (χ3v) is 1.57. The van der Waals surface area contributed by atoms with Gasteiger partial charge in [0.25, 0.3) is 0 Å². The minimum atomic E-state index is -10.7. The molecule has 0 unspecified atom stereocenters. The zero-order valence-electron chi connectivity index (χ0n) is 10.0. The van der Waals surface area contributed by atoms with E-state index in [1.807, 2.05) is 43.7 Å². The van der Waals surface area contributed by atoms with Gasteiger partial charge in [0, 0.05) is 30.7 Å². The number of hydrogen-bond acceptors (Lipinski definition) is 1. The van der Waals surface area contributed by atoms with Crippen LogP contribution in [0, 0.1) is 13.8 Å². The molecule has 0 aliphatic carbocycles. The quantitative estimate of drug-likeness (QED) is 0.447. The molecule has 1 aromatic heterocycles. The van der Waals surface area contributed by atoms with E-state index in [2.05, 4.69) is 0 Å². The molecule has 0 saturated heterocycles. The van der Waals surface area contributed by atoms with Gasteiger partial charge in [-0.2, -0.15) is 0 Å². The normalized spacial score (nSPS) is 14.9. The summed E-state index contributed by atoms with van der Waals surface area (Å²) in [5.74, 6) is 0. The van der Waals surface area contributed by atoms with Crippen LogP contribution >= 0.6 is 7.81 Å². The molecular weight excluding hydrogens is 283 g/mol. The van der Waals surface area contributed by atoms with Gasteiger partial charge in [-0.15, -0.1) is 0 Å². The predicted molar refractivity (Wildman–Crippen MR) is 56.8 cm³/mol. The van der Waals surface area contributed by atoms with Gasteiger partial charge in [0.15, 0.2) is 6.61 Å². The van der Waals surface area contributed by atoms with E-state index in [0.717, 1.165) is 11.4 Å². The molecule has 0 atom stereocenters. The first-order valence-electron chi connectivity index (χ1n) is 4.88. The molecule has 1 heterocycles. The van der Waals surface area contributed by atoms with Crippen molar-refractivity contribution in [3.63, 3.8) is 0 Å². The Hall–Kier alpha value is -1.04. The summed E-state index contributed by atoms with van der Waals surface area (Å²) >= 11 is 0. The zero-order valence-corrected chi connectivity index (χ0v) is 10.9. The fourth-order valence-corrected chi connectivity index (χ4v) is 1.07. The molecule has 0 amide bonds. The van der Waals surface area contributed by atoms with E-state index in [1.165, 1.54) is 0 Å². The Bertz CT molecular complexity index is 384. The van der Waals surface area contributed by atoms with Gasteiger partial charge in [-0.25, -0.2) is 0 Å². The molecule has 0 bridgehead atoms. The first-order chi connectivity index (χ1) is 7.70. The molecule has 9 heteroatoms. The summed E-state index contributed by atoms with van der Waals surface area (Å²) in [6.45, 7) is 6.75. The zero-order chi connectivity index (χ0) is 14.7.